The van der Waals surface area contributed by atoms with Gasteiger partial charge in [-0.25, -0.2) is 0 Å². The molecule has 0 spiro atoms. The first kappa shape index (κ1) is 31.4. The van der Waals surface area contributed by atoms with E-state index in [-0.39, 0.29) is 5.41 Å². The summed E-state index contributed by atoms with van der Waals surface area (Å²) in [6.07, 6.45) is 21.7. The van der Waals surface area contributed by atoms with E-state index < -0.39 is 0 Å². The van der Waals surface area contributed by atoms with E-state index in [1.807, 2.05) is 24.3 Å². The van der Waals surface area contributed by atoms with Crippen molar-refractivity contribution in [2.45, 2.75) is 83.5 Å². The van der Waals surface area contributed by atoms with E-state index in [9.17, 15) is 0 Å². The summed E-state index contributed by atoms with van der Waals surface area (Å²) in [4.78, 5) is 0. The van der Waals surface area contributed by atoms with E-state index in [1.54, 1.807) is 0 Å². The monoisotopic (exact) mass is 606 g/mol. The summed E-state index contributed by atoms with van der Waals surface area (Å²) in [5.41, 5.74) is 10.8. The van der Waals surface area contributed by atoms with Gasteiger partial charge in [0.1, 0.15) is 0 Å². The van der Waals surface area contributed by atoms with Crippen LogP contribution in [-0.4, -0.2) is 0 Å². The van der Waals surface area contributed by atoms with Crippen LogP contribution < -0.4 is 0 Å². The summed E-state index contributed by atoms with van der Waals surface area (Å²) in [7, 11) is 0. The molecule has 0 aromatic heterocycles. The highest BCUT2D eigenvalue weighted by Crippen LogP contribution is 2.57. The molecule has 0 saturated carbocycles. The zero-order valence-electron chi connectivity index (χ0n) is 25.7. The Morgan fingerprint density at radius 3 is 1.60 bits per heavy atom. The van der Waals surface area contributed by atoms with E-state index in [0.29, 0.717) is 0 Å². The molecular weight excluding hydrogens is 563 g/mol. The maximum absolute atomic E-state index is 6.20. The second kappa shape index (κ2) is 15.1. The predicted molar refractivity (Wildman–Crippen MR) is 191 cm³/mol. The van der Waals surface area contributed by atoms with Crippen molar-refractivity contribution in [3.05, 3.63) is 128 Å². The standard InChI is InChI=1S/C41H44Cl2/c1-3-5-7-11-29-41(30-12-8-6-4-2)38-14-10-9-13-37(38)39-33(21-15-31-17-25-35(42)26-18-31)23-24-34(40(39)41)22-16-32-19-27-36(43)28-20-32/h9-10,13-28H,3-8,11-12,29-30H2,1-2H3/b21-15+,22-16+. The van der Waals surface area contributed by atoms with Crippen LogP contribution in [0.15, 0.2) is 84.9 Å². The molecule has 0 nitrogen and oxygen atoms in total. The minimum absolute atomic E-state index is 0.0111. The Labute approximate surface area is 269 Å². The molecule has 0 N–H and O–H groups in total. The lowest BCUT2D eigenvalue weighted by molar-refractivity contribution is 0.400. The summed E-state index contributed by atoms with van der Waals surface area (Å²) < 4.78 is 0. The molecule has 0 radical (unpaired) electrons. The van der Waals surface area contributed by atoms with Gasteiger partial charge in [0.25, 0.3) is 0 Å². The molecule has 0 saturated heterocycles. The third-order valence-electron chi connectivity index (χ3n) is 9.03. The molecule has 4 aromatic rings. The normalized spacial score (nSPS) is 13.6. The number of benzene rings is 4. The van der Waals surface area contributed by atoms with E-state index in [1.165, 1.54) is 97.6 Å². The van der Waals surface area contributed by atoms with Gasteiger partial charge >= 0.3 is 0 Å². The minimum atomic E-state index is 0.0111. The van der Waals surface area contributed by atoms with Crippen molar-refractivity contribution in [1.82, 2.24) is 0 Å². The molecule has 43 heavy (non-hydrogen) atoms. The fraction of sp³-hybridized carbons (Fsp3) is 0.317. The Kier molecular flexibility index (Phi) is 11.0. The van der Waals surface area contributed by atoms with Crippen molar-refractivity contribution in [1.29, 1.82) is 0 Å². The molecule has 2 heteroatoms. The maximum Gasteiger partial charge on any atom is 0.0406 e. The van der Waals surface area contributed by atoms with Gasteiger partial charge in [0.05, 0.1) is 0 Å². The molecular formula is C41H44Cl2. The van der Waals surface area contributed by atoms with Crippen LogP contribution in [-0.2, 0) is 5.41 Å². The van der Waals surface area contributed by atoms with Crippen LogP contribution in [0.4, 0.5) is 0 Å². The van der Waals surface area contributed by atoms with Crippen molar-refractivity contribution < 1.29 is 0 Å². The molecule has 1 aliphatic carbocycles. The van der Waals surface area contributed by atoms with Crippen LogP contribution in [0.2, 0.25) is 10.0 Å². The molecule has 0 aliphatic heterocycles. The topological polar surface area (TPSA) is 0 Å². The van der Waals surface area contributed by atoms with Crippen LogP contribution in [0.1, 0.15) is 111 Å². The smallest absolute Gasteiger partial charge is 0.0406 e. The fourth-order valence-electron chi connectivity index (χ4n) is 6.84. The number of fused-ring (bicyclic) bond motifs is 3. The van der Waals surface area contributed by atoms with E-state index >= 15 is 0 Å². The maximum atomic E-state index is 6.20. The van der Waals surface area contributed by atoms with Crippen molar-refractivity contribution in [2.24, 2.45) is 0 Å². The average molecular weight is 608 g/mol. The van der Waals surface area contributed by atoms with Gasteiger partial charge in [0.15, 0.2) is 0 Å². The van der Waals surface area contributed by atoms with Gasteiger partial charge in [0, 0.05) is 15.5 Å². The SMILES string of the molecule is CCCCCCC1(CCCCCC)c2ccccc2-c2c(/C=C/c3ccc(Cl)cc3)ccc(/C=C/c3ccc(Cl)cc3)c21. The third-order valence-corrected chi connectivity index (χ3v) is 9.53. The molecule has 4 aromatic carbocycles. The molecule has 0 amide bonds. The first-order chi connectivity index (χ1) is 21.1. The van der Waals surface area contributed by atoms with Gasteiger partial charge in [-0.15, -0.1) is 0 Å². The Balaban J connectivity index is 1.68. The van der Waals surface area contributed by atoms with Gasteiger partial charge in [-0.3, -0.25) is 0 Å². The molecule has 0 heterocycles. The number of hydrogen-bond acceptors (Lipinski definition) is 0. The Hall–Kier alpha value is -3.06. The van der Waals surface area contributed by atoms with Gasteiger partial charge in [-0.05, 0) is 81.6 Å². The molecule has 0 fully saturated rings. The van der Waals surface area contributed by atoms with Gasteiger partial charge in [0.2, 0.25) is 0 Å². The Morgan fingerprint density at radius 2 is 1.05 bits per heavy atom. The summed E-state index contributed by atoms with van der Waals surface area (Å²) in [5, 5.41) is 1.53. The number of unbranched alkanes of at least 4 members (excludes halogenated alkanes) is 6. The zero-order chi connectivity index (χ0) is 30.1. The van der Waals surface area contributed by atoms with Gasteiger partial charge < -0.3 is 0 Å². The average Bonchev–Trinajstić information content (AvgIpc) is 3.32. The van der Waals surface area contributed by atoms with Crippen molar-refractivity contribution >= 4 is 47.5 Å². The predicted octanol–water partition coefficient (Wildman–Crippen LogP) is 13.5. The third kappa shape index (κ3) is 7.36. The van der Waals surface area contributed by atoms with Gasteiger partial charge in [-0.1, -0.05) is 173 Å². The van der Waals surface area contributed by atoms with Gasteiger partial charge in [-0.2, -0.15) is 0 Å². The number of rotatable bonds is 14. The van der Waals surface area contributed by atoms with Crippen LogP contribution in [0.25, 0.3) is 35.4 Å². The minimum Gasteiger partial charge on any atom is -0.0843 e. The number of halogens is 2. The first-order valence-electron chi connectivity index (χ1n) is 16.2. The lowest BCUT2D eigenvalue weighted by atomic mass is 9.69. The first-order valence-corrected chi connectivity index (χ1v) is 17.0. The second-order valence-electron chi connectivity index (χ2n) is 12.0. The molecule has 5 rings (SSSR count). The lowest BCUT2D eigenvalue weighted by Crippen LogP contribution is -2.26. The van der Waals surface area contributed by atoms with E-state index in [4.69, 9.17) is 23.2 Å². The number of hydrogen-bond donors (Lipinski definition) is 0. The summed E-state index contributed by atoms with van der Waals surface area (Å²) in [6.45, 7) is 4.61. The van der Waals surface area contributed by atoms with Crippen LogP contribution >= 0.6 is 23.2 Å². The Morgan fingerprint density at radius 1 is 0.535 bits per heavy atom. The Bertz CT molecular complexity index is 1530. The largest absolute Gasteiger partial charge is 0.0843 e. The molecule has 222 valence electrons. The summed E-state index contributed by atoms with van der Waals surface area (Å²) >= 11 is 12.4. The molecule has 1 aliphatic rings. The van der Waals surface area contributed by atoms with Crippen LogP contribution in [0.5, 0.6) is 0 Å². The highest BCUT2D eigenvalue weighted by molar-refractivity contribution is 6.30. The summed E-state index contributed by atoms with van der Waals surface area (Å²) in [6, 6.07) is 30.2. The van der Waals surface area contributed by atoms with Crippen molar-refractivity contribution in [3.63, 3.8) is 0 Å². The summed E-state index contributed by atoms with van der Waals surface area (Å²) in [5.74, 6) is 0. The van der Waals surface area contributed by atoms with Crippen molar-refractivity contribution in [2.75, 3.05) is 0 Å². The zero-order valence-corrected chi connectivity index (χ0v) is 27.2. The quantitative estimate of drug-likeness (QED) is 0.0988. The molecule has 0 bridgehead atoms. The van der Waals surface area contributed by atoms with E-state index in [2.05, 4.69) is 98.8 Å². The highest BCUT2D eigenvalue weighted by Gasteiger charge is 2.44. The van der Waals surface area contributed by atoms with E-state index in [0.717, 1.165) is 21.2 Å². The molecule has 0 unspecified atom stereocenters. The molecule has 0 atom stereocenters. The highest BCUT2D eigenvalue weighted by atomic mass is 35.5. The van der Waals surface area contributed by atoms with Crippen LogP contribution in [0, 0.1) is 0 Å². The second-order valence-corrected chi connectivity index (χ2v) is 12.9. The lowest BCUT2D eigenvalue weighted by Gasteiger charge is -2.34. The fourth-order valence-corrected chi connectivity index (χ4v) is 7.09. The van der Waals surface area contributed by atoms with Crippen LogP contribution in [0.3, 0.4) is 0 Å². The van der Waals surface area contributed by atoms with Crippen molar-refractivity contribution in [3.8, 4) is 11.1 Å².